The first kappa shape index (κ1) is 28.7. The molecule has 0 unspecified atom stereocenters. The van der Waals surface area contributed by atoms with Gasteiger partial charge in [0, 0.05) is 18.7 Å². The summed E-state index contributed by atoms with van der Waals surface area (Å²) in [4.78, 5) is 28.4. The summed E-state index contributed by atoms with van der Waals surface area (Å²) in [5, 5.41) is 2.93. The number of carbonyl (C=O) groups is 2. The molecule has 0 radical (unpaired) electrons. The maximum absolute atomic E-state index is 13.9. The van der Waals surface area contributed by atoms with E-state index in [-0.39, 0.29) is 29.1 Å². The van der Waals surface area contributed by atoms with Crippen molar-refractivity contribution in [3.63, 3.8) is 0 Å². The van der Waals surface area contributed by atoms with Crippen molar-refractivity contribution in [2.75, 3.05) is 18.0 Å². The molecule has 0 saturated carbocycles. The number of nitrogens with zero attached hydrogens (tertiary/aromatic N) is 2. The van der Waals surface area contributed by atoms with Crippen LogP contribution in [0.5, 0.6) is 5.75 Å². The molecule has 3 aromatic carbocycles. The molecular weight excluding hydrogens is 502 g/mol. The third-order valence-electron chi connectivity index (χ3n) is 6.32. The van der Waals surface area contributed by atoms with Crippen LogP contribution in [0.25, 0.3) is 0 Å². The molecule has 2 amide bonds. The van der Waals surface area contributed by atoms with Gasteiger partial charge in [0.25, 0.3) is 10.0 Å². The van der Waals surface area contributed by atoms with E-state index in [0.29, 0.717) is 5.75 Å². The molecule has 0 saturated heterocycles. The van der Waals surface area contributed by atoms with E-state index in [1.54, 1.807) is 49.4 Å². The number of nitrogens with one attached hydrogen (secondary N) is 1. The zero-order valence-electron chi connectivity index (χ0n) is 22.2. The second-order valence-corrected chi connectivity index (χ2v) is 10.9. The van der Waals surface area contributed by atoms with Gasteiger partial charge >= 0.3 is 0 Å². The number of benzene rings is 3. The SMILES string of the molecule is CC[C@@H](C)NC(=O)[C@@H](C)N(Cc1ccccc1)C(=O)CN(c1cccc(OC)c1)S(=O)(=O)c1ccccc1. The van der Waals surface area contributed by atoms with Gasteiger partial charge in [-0.15, -0.1) is 0 Å². The minimum atomic E-state index is -4.12. The van der Waals surface area contributed by atoms with Gasteiger partial charge < -0.3 is 15.0 Å². The fourth-order valence-corrected chi connectivity index (χ4v) is 5.27. The molecule has 8 nitrogen and oxygen atoms in total. The summed E-state index contributed by atoms with van der Waals surface area (Å²) >= 11 is 0. The number of ether oxygens (including phenoxy) is 1. The van der Waals surface area contributed by atoms with E-state index >= 15 is 0 Å². The van der Waals surface area contributed by atoms with Crippen LogP contribution in [0.4, 0.5) is 5.69 Å². The molecule has 3 aromatic rings. The fourth-order valence-electron chi connectivity index (χ4n) is 3.84. The molecule has 0 spiro atoms. The zero-order valence-corrected chi connectivity index (χ0v) is 23.0. The first-order valence-electron chi connectivity index (χ1n) is 12.5. The van der Waals surface area contributed by atoms with Crippen molar-refractivity contribution in [2.45, 2.75) is 50.7 Å². The standard InChI is InChI=1S/C29H35N3O5S/c1-5-22(2)30-29(34)23(3)31(20-24-13-8-6-9-14-24)28(33)21-32(25-15-12-16-26(19-25)37-4)38(35,36)27-17-10-7-11-18-27/h6-19,22-23H,5,20-21H2,1-4H3,(H,30,34)/t22-,23-/m1/s1. The lowest BCUT2D eigenvalue weighted by atomic mass is 10.1. The highest BCUT2D eigenvalue weighted by atomic mass is 32.2. The van der Waals surface area contributed by atoms with E-state index in [9.17, 15) is 18.0 Å². The number of amides is 2. The largest absolute Gasteiger partial charge is 0.497 e. The normalized spacial score (nSPS) is 12.7. The summed E-state index contributed by atoms with van der Waals surface area (Å²) in [5.74, 6) is -0.365. The predicted octanol–water partition coefficient (Wildman–Crippen LogP) is 4.22. The summed E-state index contributed by atoms with van der Waals surface area (Å²) < 4.78 is 33.9. The first-order chi connectivity index (χ1) is 18.2. The van der Waals surface area contributed by atoms with Crippen LogP contribution in [-0.2, 0) is 26.2 Å². The van der Waals surface area contributed by atoms with Crippen LogP contribution in [0.2, 0.25) is 0 Å². The highest BCUT2D eigenvalue weighted by molar-refractivity contribution is 7.92. The van der Waals surface area contributed by atoms with Crippen LogP contribution in [0, 0.1) is 0 Å². The van der Waals surface area contributed by atoms with Gasteiger partial charge in [-0.25, -0.2) is 8.42 Å². The molecule has 9 heteroatoms. The highest BCUT2D eigenvalue weighted by Crippen LogP contribution is 2.27. The number of carbonyl (C=O) groups excluding carboxylic acids is 2. The van der Waals surface area contributed by atoms with Crippen LogP contribution in [-0.4, -0.2) is 50.9 Å². The molecular formula is C29H35N3O5S. The quantitative estimate of drug-likeness (QED) is 0.373. The van der Waals surface area contributed by atoms with Crippen molar-refractivity contribution in [1.29, 1.82) is 0 Å². The number of rotatable bonds is 12. The average Bonchev–Trinajstić information content (AvgIpc) is 2.94. The Hall–Kier alpha value is -3.85. The minimum Gasteiger partial charge on any atom is -0.497 e. The predicted molar refractivity (Wildman–Crippen MR) is 148 cm³/mol. The number of methoxy groups -OCH3 is 1. The van der Waals surface area contributed by atoms with Crippen molar-refractivity contribution in [1.82, 2.24) is 10.2 Å². The third-order valence-corrected chi connectivity index (χ3v) is 8.10. The van der Waals surface area contributed by atoms with E-state index < -0.39 is 28.5 Å². The van der Waals surface area contributed by atoms with Gasteiger partial charge in [0.15, 0.2) is 0 Å². The van der Waals surface area contributed by atoms with E-state index in [4.69, 9.17) is 4.74 Å². The van der Waals surface area contributed by atoms with Crippen LogP contribution in [0.3, 0.4) is 0 Å². The van der Waals surface area contributed by atoms with Crippen molar-refractivity contribution in [2.24, 2.45) is 0 Å². The van der Waals surface area contributed by atoms with Gasteiger partial charge in [0.05, 0.1) is 17.7 Å². The van der Waals surface area contributed by atoms with Crippen molar-refractivity contribution >= 4 is 27.5 Å². The van der Waals surface area contributed by atoms with Gasteiger partial charge in [-0.3, -0.25) is 13.9 Å². The van der Waals surface area contributed by atoms with Gasteiger partial charge in [-0.2, -0.15) is 0 Å². The molecule has 1 N–H and O–H groups in total. The third kappa shape index (κ3) is 7.13. The Morgan fingerprint density at radius 3 is 2.16 bits per heavy atom. The molecule has 0 fully saturated rings. The van der Waals surface area contributed by atoms with Crippen molar-refractivity contribution in [3.05, 3.63) is 90.5 Å². The van der Waals surface area contributed by atoms with E-state index in [1.807, 2.05) is 44.2 Å². The first-order valence-corrected chi connectivity index (χ1v) is 14.0. The average molecular weight is 538 g/mol. The molecule has 0 heterocycles. The minimum absolute atomic E-state index is 0.0489. The topological polar surface area (TPSA) is 96.0 Å². The van der Waals surface area contributed by atoms with E-state index in [1.165, 1.54) is 24.1 Å². The second kappa shape index (κ2) is 13.1. The van der Waals surface area contributed by atoms with Crippen molar-refractivity contribution < 1.29 is 22.7 Å². The van der Waals surface area contributed by atoms with Crippen LogP contribution < -0.4 is 14.4 Å². The number of sulfonamides is 1. The fraction of sp³-hybridized carbons (Fsp3) is 0.310. The van der Waals surface area contributed by atoms with Crippen LogP contribution in [0.15, 0.2) is 89.8 Å². The highest BCUT2D eigenvalue weighted by Gasteiger charge is 2.32. The monoisotopic (exact) mass is 537 g/mol. The Morgan fingerprint density at radius 1 is 0.921 bits per heavy atom. The zero-order chi connectivity index (χ0) is 27.7. The summed E-state index contributed by atoms with van der Waals surface area (Å²) in [7, 11) is -2.63. The molecule has 0 aliphatic carbocycles. The molecule has 0 aromatic heterocycles. The van der Waals surface area contributed by atoms with Gasteiger partial charge in [-0.05, 0) is 50.1 Å². The lowest BCUT2D eigenvalue weighted by Gasteiger charge is -2.32. The molecule has 2 atom stereocenters. The molecule has 0 aliphatic rings. The summed E-state index contributed by atoms with van der Waals surface area (Å²) in [5.41, 5.74) is 1.10. The Balaban J connectivity index is 2.02. The summed E-state index contributed by atoms with van der Waals surface area (Å²) in [6, 6.07) is 22.9. The molecule has 0 aliphatic heterocycles. The number of anilines is 1. The molecule has 202 valence electrons. The van der Waals surface area contributed by atoms with Gasteiger partial charge in [0.1, 0.15) is 18.3 Å². The van der Waals surface area contributed by atoms with Crippen LogP contribution in [0.1, 0.15) is 32.8 Å². The number of hydrogen-bond acceptors (Lipinski definition) is 5. The van der Waals surface area contributed by atoms with Crippen LogP contribution >= 0.6 is 0 Å². The van der Waals surface area contributed by atoms with Gasteiger partial charge in [-0.1, -0.05) is 61.5 Å². The Kier molecular flexibility index (Phi) is 9.90. The lowest BCUT2D eigenvalue weighted by Crippen LogP contribution is -2.52. The lowest BCUT2D eigenvalue weighted by molar-refractivity contribution is -0.139. The Morgan fingerprint density at radius 2 is 1.55 bits per heavy atom. The summed E-state index contributed by atoms with van der Waals surface area (Å²) in [6.45, 7) is 5.15. The number of hydrogen-bond donors (Lipinski definition) is 1. The van der Waals surface area contributed by atoms with E-state index in [2.05, 4.69) is 5.32 Å². The molecule has 38 heavy (non-hydrogen) atoms. The summed E-state index contributed by atoms with van der Waals surface area (Å²) in [6.07, 6.45) is 0.740. The smallest absolute Gasteiger partial charge is 0.264 e. The second-order valence-electron chi connectivity index (χ2n) is 9.03. The maximum Gasteiger partial charge on any atom is 0.264 e. The molecule has 3 rings (SSSR count). The molecule has 0 bridgehead atoms. The van der Waals surface area contributed by atoms with Crippen molar-refractivity contribution in [3.8, 4) is 5.75 Å². The van der Waals surface area contributed by atoms with Gasteiger partial charge in [0.2, 0.25) is 11.8 Å². The van der Waals surface area contributed by atoms with E-state index in [0.717, 1.165) is 16.3 Å². The Labute approximate surface area is 225 Å². The Bertz CT molecular complexity index is 1320. The maximum atomic E-state index is 13.9.